The largest absolute Gasteiger partial charge is 0.506 e. The molecule has 0 aliphatic heterocycles. The van der Waals surface area contributed by atoms with Crippen LogP contribution in [0.1, 0.15) is 25.3 Å². The average molecular weight is 255 g/mol. The van der Waals surface area contributed by atoms with E-state index in [0.29, 0.717) is 22.7 Å². The summed E-state index contributed by atoms with van der Waals surface area (Å²) in [6.07, 6.45) is 2.45. The van der Waals surface area contributed by atoms with Crippen LogP contribution in [-0.2, 0) is 11.2 Å². The molecule has 0 spiro atoms. The van der Waals surface area contributed by atoms with Crippen LogP contribution < -0.4 is 11.1 Å². The fourth-order valence-corrected chi connectivity index (χ4v) is 2.01. The van der Waals surface area contributed by atoms with Gasteiger partial charge in [-0.15, -0.1) is 0 Å². The van der Waals surface area contributed by atoms with Crippen LogP contribution >= 0.6 is 11.6 Å². The van der Waals surface area contributed by atoms with E-state index in [1.807, 2.05) is 0 Å². The Balaban J connectivity index is 2.38. The number of nitrogens with two attached hydrogens (primary N) is 1. The zero-order chi connectivity index (χ0) is 12.6. The number of benzene rings is 1. The van der Waals surface area contributed by atoms with E-state index in [9.17, 15) is 9.90 Å². The monoisotopic (exact) mass is 254 g/mol. The summed E-state index contributed by atoms with van der Waals surface area (Å²) in [5, 5.41) is 12.9. The minimum atomic E-state index is -0.245. The maximum atomic E-state index is 11.1. The van der Waals surface area contributed by atoms with Crippen LogP contribution in [0, 0.1) is 0 Å². The normalized spacial score (nSPS) is 16.6. The lowest BCUT2D eigenvalue weighted by Crippen LogP contribution is -2.25. The van der Waals surface area contributed by atoms with Crippen molar-refractivity contribution in [1.82, 2.24) is 0 Å². The highest BCUT2D eigenvalue weighted by atomic mass is 35.5. The van der Waals surface area contributed by atoms with Crippen molar-refractivity contribution in [2.24, 2.45) is 5.73 Å². The number of phenolic OH excluding ortho intramolecular Hbond substituents is 1. The van der Waals surface area contributed by atoms with Crippen LogP contribution in [0.2, 0.25) is 5.02 Å². The van der Waals surface area contributed by atoms with Crippen LogP contribution in [-0.4, -0.2) is 16.6 Å². The van der Waals surface area contributed by atoms with Crippen LogP contribution in [0.3, 0.4) is 0 Å². The highest BCUT2D eigenvalue weighted by molar-refractivity contribution is 6.32. The molecular formula is C12H15ClN2O2. The first-order chi connectivity index (χ1) is 7.91. The molecular weight excluding hydrogens is 240 g/mol. The number of rotatable bonds is 3. The number of carbonyl (C=O) groups is 1. The summed E-state index contributed by atoms with van der Waals surface area (Å²) in [4.78, 5) is 11.1. The third-order valence-corrected chi connectivity index (χ3v) is 3.31. The summed E-state index contributed by atoms with van der Waals surface area (Å²) >= 11 is 6.10. The number of nitrogens with one attached hydrogen (secondary N) is 1. The summed E-state index contributed by atoms with van der Waals surface area (Å²) < 4.78 is 0. The first kappa shape index (κ1) is 12.2. The highest BCUT2D eigenvalue weighted by Gasteiger charge is 2.39. The maximum absolute atomic E-state index is 11.1. The van der Waals surface area contributed by atoms with Crippen molar-refractivity contribution >= 4 is 23.2 Å². The van der Waals surface area contributed by atoms with Crippen molar-refractivity contribution in [2.75, 3.05) is 5.32 Å². The molecule has 0 atom stereocenters. The van der Waals surface area contributed by atoms with Gasteiger partial charge in [0.05, 0.1) is 5.69 Å². The lowest BCUT2D eigenvalue weighted by molar-refractivity contribution is -0.114. The number of carbonyl (C=O) groups excluding carboxylic acids is 1. The molecule has 2 rings (SSSR count). The van der Waals surface area contributed by atoms with Crippen molar-refractivity contribution in [3.63, 3.8) is 0 Å². The van der Waals surface area contributed by atoms with Gasteiger partial charge in [0.2, 0.25) is 5.91 Å². The first-order valence-corrected chi connectivity index (χ1v) is 5.86. The first-order valence-electron chi connectivity index (χ1n) is 5.48. The molecule has 1 aromatic carbocycles. The third-order valence-electron chi connectivity index (χ3n) is 2.96. The molecule has 92 valence electrons. The van der Waals surface area contributed by atoms with Crippen LogP contribution in [0.5, 0.6) is 5.75 Å². The molecule has 0 saturated heterocycles. The quantitative estimate of drug-likeness (QED) is 0.723. The summed E-state index contributed by atoms with van der Waals surface area (Å²) in [5.41, 5.74) is 6.90. The molecule has 4 nitrogen and oxygen atoms in total. The van der Waals surface area contributed by atoms with Crippen molar-refractivity contribution in [1.29, 1.82) is 0 Å². The van der Waals surface area contributed by atoms with Crippen molar-refractivity contribution in [3.05, 3.63) is 22.7 Å². The van der Waals surface area contributed by atoms with E-state index in [1.165, 1.54) is 13.0 Å². The van der Waals surface area contributed by atoms with E-state index >= 15 is 0 Å². The van der Waals surface area contributed by atoms with E-state index in [2.05, 4.69) is 5.32 Å². The van der Waals surface area contributed by atoms with Gasteiger partial charge in [-0.05, 0) is 37.0 Å². The minimum absolute atomic E-state index is 0.0175. The second-order valence-corrected chi connectivity index (χ2v) is 5.05. The molecule has 1 amide bonds. The second-order valence-electron chi connectivity index (χ2n) is 4.64. The molecule has 0 radical (unpaired) electrons. The van der Waals surface area contributed by atoms with Gasteiger partial charge in [0.25, 0.3) is 0 Å². The summed E-state index contributed by atoms with van der Waals surface area (Å²) in [6.45, 7) is 1.39. The fourth-order valence-electron chi connectivity index (χ4n) is 1.79. The van der Waals surface area contributed by atoms with E-state index < -0.39 is 0 Å². The van der Waals surface area contributed by atoms with Gasteiger partial charge >= 0.3 is 0 Å². The number of halogens is 1. The fraction of sp³-hybridized carbons (Fsp3) is 0.417. The third kappa shape index (κ3) is 2.70. The zero-order valence-corrected chi connectivity index (χ0v) is 10.3. The van der Waals surface area contributed by atoms with Gasteiger partial charge in [-0.2, -0.15) is 0 Å². The number of hydrogen-bond acceptors (Lipinski definition) is 3. The number of anilines is 1. The molecule has 4 N–H and O–H groups in total. The SMILES string of the molecule is CC(=O)Nc1c(O)ccc(Cl)c1CC1(N)CC1. The Labute approximate surface area is 105 Å². The van der Waals surface area contributed by atoms with E-state index in [0.717, 1.165) is 12.8 Å². The van der Waals surface area contributed by atoms with Crippen molar-refractivity contribution in [3.8, 4) is 5.75 Å². The Morgan fingerprint density at radius 2 is 2.24 bits per heavy atom. The van der Waals surface area contributed by atoms with Gasteiger partial charge in [0.15, 0.2) is 0 Å². The Hall–Kier alpha value is -1.26. The Morgan fingerprint density at radius 3 is 2.76 bits per heavy atom. The molecule has 17 heavy (non-hydrogen) atoms. The Kier molecular flexibility index (Phi) is 3.02. The summed E-state index contributed by atoms with van der Waals surface area (Å²) in [6, 6.07) is 3.08. The molecule has 5 heteroatoms. The lowest BCUT2D eigenvalue weighted by atomic mass is 10.0. The van der Waals surface area contributed by atoms with Gasteiger partial charge in [0, 0.05) is 17.5 Å². The molecule has 1 aliphatic rings. The topological polar surface area (TPSA) is 75.3 Å². The van der Waals surface area contributed by atoms with Gasteiger partial charge in [-0.3, -0.25) is 4.79 Å². The van der Waals surface area contributed by atoms with Gasteiger partial charge < -0.3 is 16.2 Å². The zero-order valence-electron chi connectivity index (χ0n) is 9.59. The number of amides is 1. The molecule has 1 saturated carbocycles. The van der Waals surface area contributed by atoms with Crippen LogP contribution in [0.25, 0.3) is 0 Å². The van der Waals surface area contributed by atoms with Gasteiger partial charge in [-0.25, -0.2) is 0 Å². The number of aromatic hydroxyl groups is 1. The molecule has 0 aromatic heterocycles. The molecule has 1 aromatic rings. The van der Waals surface area contributed by atoms with E-state index in [-0.39, 0.29) is 17.2 Å². The number of hydrogen-bond donors (Lipinski definition) is 3. The van der Waals surface area contributed by atoms with Crippen molar-refractivity contribution < 1.29 is 9.90 Å². The minimum Gasteiger partial charge on any atom is -0.506 e. The maximum Gasteiger partial charge on any atom is 0.221 e. The van der Waals surface area contributed by atoms with E-state index in [1.54, 1.807) is 6.07 Å². The molecule has 1 fully saturated rings. The average Bonchev–Trinajstić information content (AvgIpc) is 2.95. The van der Waals surface area contributed by atoms with Crippen LogP contribution in [0.4, 0.5) is 5.69 Å². The lowest BCUT2D eigenvalue weighted by Gasteiger charge is -2.16. The van der Waals surface area contributed by atoms with E-state index in [4.69, 9.17) is 17.3 Å². The molecule has 0 bridgehead atoms. The summed E-state index contributed by atoms with van der Waals surface area (Å²) in [5.74, 6) is -0.227. The molecule has 0 unspecified atom stereocenters. The Bertz CT molecular complexity index is 470. The summed E-state index contributed by atoms with van der Waals surface area (Å²) in [7, 11) is 0. The predicted octanol–water partition coefficient (Wildman–Crippen LogP) is 2.04. The Morgan fingerprint density at radius 1 is 1.59 bits per heavy atom. The number of phenols is 1. The van der Waals surface area contributed by atoms with Crippen LogP contribution in [0.15, 0.2) is 12.1 Å². The van der Waals surface area contributed by atoms with Crippen molar-refractivity contribution in [2.45, 2.75) is 31.7 Å². The second kappa shape index (κ2) is 4.20. The smallest absolute Gasteiger partial charge is 0.221 e. The standard InChI is InChI=1S/C12H15ClN2O2/c1-7(16)15-11-8(6-12(14)4-5-12)9(13)2-3-10(11)17/h2-3,17H,4-6,14H2,1H3,(H,15,16). The van der Waals surface area contributed by atoms with Gasteiger partial charge in [0.1, 0.15) is 5.75 Å². The predicted molar refractivity (Wildman–Crippen MR) is 67.3 cm³/mol. The van der Waals surface area contributed by atoms with Gasteiger partial charge in [-0.1, -0.05) is 11.6 Å². The highest BCUT2D eigenvalue weighted by Crippen LogP contribution is 2.41. The molecule has 0 heterocycles. The molecule has 1 aliphatic carbocycles.